The van der Waals surface area contributed by atoms with E-state index in [2.05, 4.69) is 26.9 Å². The van der Waals surface area contributed by atoms with Gasteiger partial charge in [-0.3, -0.25) is 9.69 Å². The summed E-state index contributed by atoms with van der Waals surface area (Å²) >= 11 is 3.57. The van der Waals surface area contributed by atoms with Gasteiger partial charge in [0.1, 0.15) is 12.1 Å². The second-order valence-corrected chi connectivity index (χ2v) is 6.23. The molecule has 2 saturated heterocycles. The van der Waals surface area contributed by atoms with E-state index in [4.69, 9.17) is 9.47 Å². The number of benzene rings is 1. The van der Waals surface area contributed by atoms with Crippen LogP contribution in [0.4, 0.5) is 0 Å². The van der Waals surface area contributed by atoms with Crippen molar-refractivity contribution < 1.29 is 14.3 Å². The summed E-state index contributed by atoms with van der Waals surface area (Å²) in [4.78, 5) is 14.1. The minimum absolute atomic E-state index is 0.00281. The number of halogens is 1. The predicted molar refractivity (Wildman–Crippen MR) is 78.4 cm³/mol. The van der Waals surface area contributed by atoms with Crippen molar-refractivity contribution in [3.8, 4) is 0 Å². The Bertz CT molecular complexity index is 508. The van der Waals surface area contributed by atoms with Crippen LogP contribution >= 0.6 is 15.9 Å². The molecule has 2 fully saturated rings. The van der Waals surface area contributed by atoms with Crippen molar-refractivity contribution in [2.75, 3.05) is 19.7 Å². The maximum Gasteiger partial charge on any atom is 0.323 e. The zero-order valence-electron chi connectivity index (χ0n) is 11.4. The molecule has 0 aromatic heterocycles. The first-order chi connectivity index (χ1) is 9.65. The molecule has 0 amide bonds. The molecule has 1 aromatic carbocycles. The first-order valence-corrected chi connectivity index (χ1v) is 7.75. The van der Waals surface area contributed by atoms with Gasteiger partial charge >= 0.3 is 5.97 Å². The van der Waals surface area contributed by atoms with Crippen molar-refractivity contribution in [1.29, 1.82) is 0 Å². The molecule has 0 radical (unpaired) electrons. The van der Waals surface area contributed by atoms with E-state index in [0.29, 0.717) is 6.61 Å². The number of esters is 1. The number of hydrogen-bond donors (Lipinski definition) is 0. The normalized spacial score (nSPS) is 31.3. The lowest BCUT2D eigenvalue weighted by molar-refractivity contribution is -0.147. The number of cyclic esters (lactones) is 1. The summed E-state index contributed by atoms with van der Waals surface area (Å²) in [5, 5.41) is 0. The third-order valence-corrected chi connectivity index (χ3v) is 4.66. The molecular formula is C15H18BrNO3. The summed E-state index contributed by atoms with van der Waals surface area (Å²) < 4.78 is 12.2. The second-order valence-electron chi connectivity index (χ2n) is 5.37. The number of ether oxygens (including phenoxy) is 2. The topological polar surface area (TPSA) is 38.8 Å². The summed E-state index contributed by atoms with van der Waals surface area (Å²) in [6.07, 6.45) is 0.807. The molecule has 3 atom stereocenters. The molecule has 3 rings (SSSR count). The standard InChI is InChI=1S/C15H18BrNO3/c1-10-8-13(15(18)20-10)17-6-7-19-14(9-17)11-4-2-3-5-12(11)16/h2-5,10,13-14H,6-9H2,1H3/t10-,13-,14-/m1/s1. The number of morpholine rings is 1. The lowest BCUT2D eigenvalue weighted by atomic mass is 10.1. The molecule has 0 spiro atoms. The molecule has 20 heavy (non-hydrogen) atoms. The number of carbonyl (C=O) groups is 1. The van der Waals surface area contributed by atoms with Gasteiger partial charge in [0.05, 0.1) is 12.7 Å². The van der Waals surface area contributed by atoms with E-state index in [9.17, 15) is 4.79 Å². The molecule has 0 bridgehead atoms. The van der Waals surface area contributed by atoms with Gasteiger partial charge < -0.3 is 9.47 Å². The van der Waals surface area contributed by atoms with Gasteiger partial charge in [0.15, 0.2) is 0 Å². The van der Waals surface area contributed by atoms with E-state index in [1.165, 1.54) is 0 Å². The van der Waals surface area contributed by atoms with E-state index in [-0.39, 0.29) is 24.2 Å². The van der Waals surface area contributed by atoms with Crippen LogP contribution in [0.5, 0.6) is 0 Å². The molecule has 0 N–H and O–H groups in total. The molecule has 2 aliphatic rings. The fraction of sp³-hybridized carbons (Fsp3) is 0.533. The number of rotatable bonds is 2. The van der Waals surface area contributed by atoms with E-state index in [1.54, 1.807) is 0 Å². The summed E-state index contributed by atoms with van der Waals surface area (Å²) in [6, 6.07) is 7.97. The number of nitrogens with zero attached hydrogens (tertiary/aromatic N) is 1. The second kappa shape index (κ2) is 5.84. The summed E-state index contributed by atoms with van der Waals surface area (Å²) in [5.74, 6) is -0.0923. The molecular weight excluding hydrogens is 322 g/mol. The first kappa shape index (κ1) is 14.0. The Hall–Kier alpha value is -0.910. The van der Waals surface area contributed by atoms with Crippen LogP contribution in [0.3, 0.4) is 0 Å². The summed E-state index contributed by atoms with van der Waals surface area (Å²) in [6.45, 7) is 4.11. The van der Waals surface area contributed by atoms with Crippen LogP contribution in [-0.2, 0) is 14.3 Å². The van der Waals surface area contributed by atoms with Crippen molar-refractivity contribution in [2.24, 2.45) is 0 Å². The van der Waals surface area contributed by atoms with Gasteiger partial charge in [-0.15, -0.1) is 0 Å². The van der Waals surface area contributed by atoms with Gasteiger partial charge in [-0.25, -0.2) is 0 Å². The third kappa shape index (κ3) is 2.75. The largest absolute Gasteiger partial charge is 0.461 e. The van der Waals surface area contributed by atoms with Crippen LogP contribution in [0.1, 0.15) is 25.0 Å². The minimum atomic E-state index is -0.112. The van der Waals surface area contributed by atoms with Crippen LogP contribution in [0.15, 0.2) is 28.7 Å². The van der Waals surface area contributed by atoms with Crippen molar-refractivity contribution >= 4 is 21.9 Å². The maximum atomic E-state index is 11.9. The van der Waals surface area contributed by atoms with Gasteiger partial charge in [-0.05, 0) is 18.6 Å². The van der Waals surface area contributed by atoms with Crippen LogP contribution in [0, 0.1) is 0 Å². The van der Waals surface area contributed by atoms with Gasteiger partial charge in [0.25, 0.3) is 0 Å². The molecule has 108 valence electrons. The smallest absolute Gasteiger partial charge is 0.323 e. The molecule has 2 heterocycles. The van der Waals surface area contributed by atoms with Crippen molar-refractivity contribution in [3.05, 3.63) is 34.3 Å². The van der Waals surface area contributed by atoms with E-state index in [1.807, 2.05) is 25.1 Å². The summed E-state index contributed by atoms with van der Waals surface area (Å²) in [5.41, 5.74) is 1.14. The Morgan fingerprint density at radius 2 is 2.15 bits per heavy atom. The molecule has 2 aliphatic heterocycles. The monoisotopic (exact) mass is 339 g/mol. The Morgan fingerprint density at radius 3 is 2.85 bits per heavy atom. The SMILES string of the molecule is C[C@@H]1C[C@@H](N2CCO[C@@H](c3ccccc3Br)C2)C(=O)O1. The van der Waals surface area contributed by atoms with Gasteiger partial charge in [0.2, 0.25) is 0 Å². The highest BCUT2D eigenvalue weighted by atomic mass is 79.9. The van der Waals surface area contributed by atoms with E-state index in [0.717, 1.165) is 29.5 Å². The predicted octanol–water partition coefficient (Wildman–Crippen LogP) is 2.53. The van der Waals surface area contributed by atoms with E-state index < -0.39 is 0 Å². The van der Waals surface area contributed by atoms with Crippen molar-refractivity contribution in [1.82, 2.24) is 4.90 Å². The van der Waals surface area contributed by atoms with Crippen LogP contribution < -0.4 is 0 Å². The minimum Gasteiger partial charge on any atom is -0.461 e. The van der Waals surface area contributed by atoms with Crippen molar-refractivity contribution in [3.63, 3.8) is 0 Å². The molecule has 0 saturated carbocycles. The van der Waals surface area contributed by atoms with Crippen LogP contribution in [-0.4, -0.2) is 42.7 Å². The fourth-order valence-electron chi connectivity index (χ4n) is 2.91. The molecule has 0 unspecified atom stereocenters. The Balaban J connectivity index is 1.74. The summed E-state index contributed by atoms with van der Waals surface area (Å²) in [7, 11) is 0. The van der Waals surface area contributed by atoms with Gasteiger partial charge in [-0.2, -0.15) is 0 Å². The average Bonchev–Trinajstić information content (AvgIpc) is 2.78. The Labute approximate surface area is 127 Å². The molecule has 5 heteroatoms. The highest BCUT2D eigenvalue weighted by Gasteiger charge is 2.39. The quantitative estimate of drug-likeness (QED) is 0.776. The molecule has 1 aromatic rings. The highest BCUT2D eigenvalue weighted by molar-refractivity contribution is 9.10. The first-order valence-electron chi connectivity index (χ1n) is 6.95. The Kier molecular flexibility index (Phi) is 4.10. The van der Waals surface area contributed by atoms with Gasteiger partial charge in [0, 0.05) is 24.0 Å². The van der Waals surface area contributed by atoms with Crippen LogP contribution in [0.25, 0.3) is 0 Å². The van der Waals surface area contributed by atoms with Gasteiger partial charge in [-0.1, -0.05) is 34.1 Å². The molecule has 4 nitrogen and oxygen atoms in total. The molecule has 0 aliphatic carbocycles. The lowest BCUT2D eigenvalue weighted by Crippen LogP contribution is -2.46. The lowest BCUT2D eigenvalue weighted by Gasteiger charge is -2.35. The maximum absolute atomic E-state index is 11.9. The number of carbonyl (C=O) groups excluding carboxylic acids is 1. The van der Waals surface area contributed by atoms with Crippen LogP contribution in [0.2, 0.25) is 0 Å². The third-order valence-electron chi connectivity index (χ3n) is 3.94. The zero-order chi connectivity index (χ0) is 14.1. The average molecular weight is 340 g/mol. The Morgan fingerprint density at radius 1 is 1.35 bits per heavy atom. The zero-order valence-corrected chi connectivity index (χ0v) is 13.0. The fourth-order valence-corrected chi connectivity index (χ4v) is 3.45. The van der Waals surface area contributed by atoms with Crippen molar-refractivity contribution in [2.45, 2.75) is 31.6 Å². The highest BCUT2D eigenvalue weighted by Crippen LogP contribution is 2.31. The van der Waals surface area contributed by atoms with E-state index >= 15 is 0 Å². The number of hydrogen-bond acceptors (Lipinski definition) is 4.